The zero-order valence-corrected chi connectivity index (χ0v) is 9.50. The molecular weight excluding hydrogens is 172 g/mol. The first-order valence-corrected chi connectivity index (χ1v) is 5.91. The molecule has 2 unspecified atom stereocenters. The van der Waals surface area contributed by atoms with Gasteiger partial charge >= 0.3 is 0 Å². The van der Waals surface area contributed by atoms with E-state index in [2.05, 4.69) is 17.9 Å². The Morgan fingerprint density at radius 1 is 1.43 bits per heavy atom. The van der Waals surface area contributed by atoms with Crippen LogP contribution < -0.4 is 0 Å². The molecule has 2 atom stereocenters. The topological polar surface area (TPSA) is 27.0 Å². The lowest BCUT2D eigenvalue weighted by molar-refractivity contribution is 0.251. The van der Waals surface area contributed by atoms with Crippen LogP contribution in [0.15, 0.2) is 0 Å². The van der Waals surface area contributed by atoms with Crippen LogP contribution in [0.3, 0.4) is 0 Å². The van der Waals surface area contributed by atoms with Crippen LogP contribution in [0, 0.1) is 17.2 Å². The molecule has 1 aliphatic heterocycles. The molecule has 1 fully saturated rings. The van der Waals surface area contributed by atoms with E-state index in [0.717, 1.165) is 19.0 Å². The summed E-state index contributed by atoms with van der Waals surface area (Å²) in [7, 11) is 0. The average molecular weight is 194 g/mol. The van der Waals surface area contributed by atoms with E-state index in [0.29, 0.717) is 0 Å². The lowest BCUT2D eigenvalue weighted by atomic mass is 9.96. The Labute approximate surface area is 87.9 Å². The van der Waals surface area contributed by atoms with Gasteiger partial charge in [0.15, 0.2) is 0 Å². The number of rotatable bonds is 3. The minimum Gasteiger partial charge on any atom is -0.288 e. The van der Waals surface area contributed by atoms with E-state index in [1.54, 1.807) is 0 Å². The van der Waals surface area contributed by atoms with Gasteiger partial charge in [-0.1, -0.05) is 19.8 Å². The molecular formula is C12H22N2. The van der Waals surface area contributed by atoms with Crippen molar-refractivity contribution in [2.24, 2.45) is 5.92 Å². The molecule has 2 nitrogen and oxygen atoms in total. The Morgan fingerprint density at radius 3 is 2.86 bits per heavy atom. The molecule has 0 saturated carbocycles. The SMILES string of the molecule is CCCC1CCCN(C(C)C#N)CC1. The summed E-state index contributed by atoms with van der Waals surface area (Å²) in [5, 5.41) is 8.86. The first-order chi connectivity index (χ1) is 6.77. The predicted molar refractivity (Wildman–Crippen MR) is 58.9 cm³/mol. The van der Waals surface area contributed by atoms with Gasteiger partial charge in [0.05, 0.1) is 12.1 Å². The van der Waals surface area contributed by atoms with Crippen molar-refractivity contribution < 1.29 is 0 Å². The minimum atomic E-state index is 0.107. The summed E-state index contributed by atoms with van der Waals surface area (Å²) in [5.41, 5.74) is 0. The quantitative estimate of drug-likeness (QED) is 0.690. The van der Waals surface area contributed by atoms with Gasteiger partial charge in [0, 0.05) is 0 Å². The van der Waals surface area contributed by atoms with Gasteiger partial charge in [0.2, 0.25) is 0 Å². The second-order valence-electron chi connectivity index (χ2n) is 4.43. The first kappa shape index (κ1) is 11.5. The van der Waals surface area contributed by atoms with Gasteiger partial charge in [0.1, 0.15) is 0 Å². The molecule has 14 heavy (non-hydrogen) atoms. The number of nitriles is 1. The summed E-state index contributed by atoms with van der Waals surface area (Å²) in [6.45, 7) is 6.52. The average Bonchev–Trinajstić information content (AvgIpc) is 2.43. The van der Waals surface area contributed by atoms with Crippen LogP contribution in [-0.4, -0.2) is 24.0 Å². The van der Waals surface area contributed by atoms with E-state index in [4.69, 9.17) is 5.26 Å². The maximum Gasteiger partial charge on any atom is 0.0949 e. The van der Waals surface area contributed by atoms with Gasteiger partial charge in [-0.05, 0) is 45.2 Å². The molecule has 0 aromatic heterocycles. The molecule has 1 heterocycles. The molecule has 0 aromatic carbocycles. The van der Waals surface area contributed by atoms with Crippen molar-refractivity contribution in [3.05, 3.63) is 0 Å². The van der Waals surface area contributed by atoms with Crippen molar-refractivity contribution in [2.45, 2.75) is 52.0 Å². The van der Waals surface area contributed by atoms with Crippen LogP contribution in [-0.2, 0) is 0 Å². The highest BCUT2D eigenvalue weighted by Gasteiger charge is 2.19. The van der Waals surface area contributed by atoms with Crippen LogP contribution in [0.2, 0.25) is 0 Å². The molecule has 1 rings (SSSR count). The minimum absolute atomic E-state index is 0.107. The maximum absolute atomic E-state index is 8.86. The van der Waals surface area contributed by atoms with E-state index in [1.165, 1.54) is 32.1 Å². The van der Waals surface area contributed by atoms with Gasteiger partial charge in [-0.15, -0.1) is 0 Å². The highest BCUT2D eigenvalue weighted by Crippen LogP contribution is 2.22. The monoisotopic (exact) mass is 194 g/mol. The zero-order chi connectivity index (χ0) is 10.4. The third kappa shape index (κ3) is 3.31. The molecule has 1 saturated heterocycles. The van der Waals surface area contributed by atoms with Crippen molar-refractivity contribution in [1.82, 2.24) is 4.90 Å². The van der Waals surface area contributed by atoms with Crippen molar-refractivity contribution in [2.75, 3.05) is 13.1 Å². The molecule has 2 heteroatoms. The Balaban J connectivity index is 2.37. The van der Waals surface area contributed by atoms with Gasteiger partial charge < -0.3 is 0 Å². The van der Waals surface area contributed by atoms with E-state index in [9.17, 15) is 0 Å². The first-order valence-electron chi connectivity index (χ1n) is 5.91. The van der Waals surface area contributed by atoms with E-state index in [-0.39, 0.29) is 6.04 Å². The van der Waals surface area contributed by atoms with E-state index in [1.807, 2.05) is 6.92 Å². The van der Waals surface area contributed by atoms with Crippen LogP contribution >= 0.6 is 0 Å². The zero-order valence-electron chi connectivity index (χ0n) is 9.50. The summed E-state index contributed by atoms with van der Waals surface area (Å²) in [5.74, 6) is 0.913. The lowest BCUT2D eigenvalue weighted by Crippen LogP contribution is -2.32. The third-order valence-corrected chi connectivity index (χ3v) is 3.31. The van der Waals surface area contributed by atoms with Gasteiger partial charge in [-0.25, -0.2) is 0 Å². The van der Waals surface area contributed by atoms with Crippen molar-refractivity contribution in [3.63, 3.8) is 0 Å². The fourth-order valence-corrected chi connectivity index (χ4v) is 2.35. The van der Waals surface area contributed by atoms with Crippen molar-refractivity contribution in [1.29, 1.82) is 5.26 Å². The summed E-state index contributed by atoms with van der Waals surface area (Å²) in [4.78, 5) is 2.33. The normalized spacial score (nSPS) is 26.5. The summed E-state index contributed by atoms with van der Waals surface area (Å²) in [6.07, 6.45) is 6.60. The molecule has 80 valence electrons. The van der Waals surface area contributed by atoms with Crippen LogP contribution in [0.25, 0.3) is 0 Å². The smallest absolute Gasteiger partial charge is 0.0949 e. The third-order valence-electron chi connectivity index (χ3n) is 3.31. The molecule has 0 radical (unpaired) electrons. The summed E-state index contributed by atoms with van der Waals surface area (Å²) in [6, 6.07) is 2.44. The molecule has 0 bridgehead atoms. The Kier molecular flexibility index (Phi) is 4.97. The highest BCUT2D eigenvalue weighted by molar-refractivity contribution is 4.89. The lowest BCUT2D eigenvalue weighted by Gasteiger charge is -2.22. The molecule has 0 N–H and O–H groups in total. The molecule has 0 aromatic rings. The Morgan fingerprint density at radius 2 is 2.21 bits per heavy atom. The Bertz CT molecular complexity index is 195. The standard InChI is InChI=1S/C12H22N2/c1-3-5-12-6-4-8-14(9-7-12)11(2)10-13/h11-12H,3-9H2,1-2H3. The van der Waals surface area contributed by atoms with Crippen molar-refractivity contribution in [3.8, 4) is 6.07 Å². The van der Waals surface area contributed by atoms with Gasteiger partial charge in [-0.3, -0.25) is 4.90 Å². The number of hydrogen-bond donors (Lipinski definition) is 0. The van der Waals surface area contributed by atoms with Gasteiger partial charge in [-0.2, -0.15) is 5.26 Å². The summed E-state index contributed by atoms with van der Waals surface area (Å²) < 4.78 is 0. The maximum atomic E-state index is 8.86. The second-order valence-corrected chi connectivity index (χ2v) is 4.43. The predicted octanol–water partition coefficient (Wildman–Crippen LogP) is 2.80. The van der Waals surface area contributed by atoms with E-state index < -0.39 is 0 Å². The molecule has 1 aliphatic rings. The Hall–Kier alpha value is -0.550. The fourth-order valence-electron chi connectivity index (χ4n) is 2.35. The van der Waals surface area contributed by atoms with Gasteiger partial charge in [0.25, 0.3) is 0 Å². The van der Waals surface area contributed by atoms with Crippen LogP contribution in [0.4, 0.5) is 0 Å². The van der Waals surface area contributed by atoms with Crippen LogP contribution in [0.1, 0.15) is 46.0 Å². The summed E-state index contributed by atoms with van der Waals surface area (Å²) >= 11 is 0. The largest absolute Gasteiger partial charge is 0.288 e. The number of likely N-dealkylation sites (tertiary alicyclic amines) is 1. The van der Waals surface area contributed by atoms with E-state index >= 15 is 0 Å². The molecule has 0 aliphatic carbocycles. The van der Waals surface area contributed by atoms with Crippen molar-refractivity contribution >= 4 is 0 Å². The number of hydrogen-bond acceptors (Lipinski definition) is 2. The van der Waals surface area contributed by atoms with Crippen LogP contribution in [0.5, 0.6) is 0 Å². The molecule has 0 spiro atoms. The highest BCUT2D eigenvalue weighted by atomic mass is 15.1. The number of nitrogens with zero attached hydrogens (tertiary/aromatic N) is 2. The second kappa shape index (κ2) is 6.03. The fraction of sp³-hybridized carbons (Fsp3) is 0.917. The molecule has 0 amide bonds.